The van der Waals surface area contributed by atoms with E-state index >= 15 is 0 Å². The van der Waals surface area contributed by atoms with E-state index in [0.717, 1.165) is 24.1 Å². The summed E-state index contributed by atoms with van der Waals surface area (Å²) in [6, 6.07) is 1.31. The number of carbonyl (C=O) groups excluding carboxylic acids is 1. The molecule has 23 heavy (non-hydrogen) atoms. The topological polar surface area (TPSA) is 80.2 Å². The molecule has 3 heterocycles. The Balaban J connectivity index is 1.95. The first kappa shape index (κ1) is 15.3. The molecule has 2 aromatic rings. The van der Waals surface area contributed by atoms with Crippen LogP contribution in [0.1, 0.15) is 40.5 Å². The van der Waals surface area contributed by atoms with Gasteiger partial charge in [0.2, 0.25) is 0 Å². The van der Waals surface area contributed by atoms with Crippen LogP contribution >= 0.6 is 0 Å². The lowest BCUT2D eigenvalue weighted by atomic mass is 10.1. The lowest BCUT2D eigenvalue weighted by molar-refractivity contribution is 0.0731. The quantitative estimate of drug-likeness (QED) is 0.928. The van der Waals surface area contributed by atoms with Gasteiger partial charge in [-0.1, -0.05) is 0 Å². The van der Waals surface area contributed by atoms with Gasteiger partial charge in [0.05, 0.1) is 24.4 Å². The van der Waals surface area contributed by atoms with Crippen molar-refractivity contribution in [3.8, 4) is 5.75 Å². The third-order valence-corrected chi connectivity index (χ3v) is 4.26. The molecule has 2 aromatic heterocycles. The van der Waals surface area contributed by atoms with Crippen LogP contribution in [0.15, 0.2) is 23.3 Å². The summed E-state index contributed by atoms with van der Waals surface area (Å²) in [4.78, 5) is 28.7. The largest absolute Gasteiger partial charge is 0.496 e. The van der Waals surface area contributed by atoms with Crippen LogP contribution in [0.2, 0.25) is 0 Å². The Labute approximate surface area is 133 Å². The van der Waals surface area contributed by atoms with Crippen LogP contribution in [-0.4, -0.2) is 39.2 Å². The van der Waals surface area contributed by atoms with Gasteiger partial charge in [0.15, 0.2) is 0 Å². The van der Waals surface area contributed by atoms with Crippen molar-refractivity contribution in [3.05, 3.63) is 45.6 Å². The van der Waals surface area contributed by atoms with Gasteiger partial charge in [0.1, 0.15) is 5.75 Å². The number of ether oxygens (including phenoxy) is 1. The number of carbonyl (C=O) groups is 1. The Morgan fingerprint density at radius 1 is 1.48 bits per heavy atom. The van der Waals surface area contributed by atoms with E-state index in [1.54, 1.807) is 4.68 Å². The zero-order valence-corrected chi connectivity index (χ0v) is 13.5. The van der Waals surface area contributed by atoms with Crippen molar-refractivity contribution >= 4 is 5.91 Å². The molecule has 0 saturated carbocycles. The number of likely N-dealkylation sites (tertiary alicyclic amines) is 1. The second kappa shape index (κ2) is 5.91. The van der Waals surface area contributed by atoms with Crippen molar-refractivity contribution < 1.29 is 9.53 Å². The standard InChI is InChI=1S/C16H20N4O3/c1-10-12(9-19(2)18-10)13-5-4-6-20(13)16(22)11-8-17-15(21)7-14(11)23-3/h7-9,13H,4-6H2,1-3H3,(H,17,21). The molecular weight excluding hydrogens is 296 g/mol. The molecule has 122 valence electrons. The van der Waals surface area contributed by atoms with E-state index < -0.39 is 0 Å². The molecule has 7 heteroatoms. The molecule has 1 aliphatic heterocycles. The highest BCUT2D eigenvalue weighted by Gasteiger charge is 2.33. The molecule has 3 rings (SSSR count). The first-order valence-electron chi connectivity index (χ1n) is 7.59. The number of aromatic amines is 1. The SMILES string of the molecule is COc1cc(=O)[nH]cc1C(=O)N1CCCC1c1cn(C)nc1C. The van der Waals surface area contributed by atoms with Gasteiger partial charge in [-0.15, -0.1) is 0 Å². The summed E-state index contributed by atoms with van der Waals surface area (Å²) in [6.07, 6.45) is 5.24. The van der Waals surface area contributed by atoms with Crippen molar-refractivity contribution in [2.45, 2.75) is 25.8 Å². The Morgan fingerprint density at radius 2 is 2.26 bits per heavy atom. The first-order valence-corrected chi connectivity index (χ1v) is 7.59. The Hall–Kier alpha value is -2.57. The molecule has 1 atom stereocenters. The van der Waals surface area contributed by atoms with E-state index in [-0.39, 0.29) is 17.5 Å². The second-order valence-corrected chi connectivity index (χ2v) is 5.78. The number of rotatable bonds is 3. The number of aromatic nitrogens is 3. The molecule has 1 N–H and O–H groups in total. The first-order chi connectivity index (χ1) is 11.0. The van der Waals surface area contributed by atoms with Gasteiger partial charge < -0.3 is 14.6 Å². The summed E-state index contributed by atoms with van der Waals surface area (Å²) >= 11 is 0. The number of amides is 1. The van der Waals surface area contributed by atoms with E-state index in [2.05, 4.69) is 10.1 Å². The Bertz CT molecular complexity index is 793. The molecule has 0 spiro atoms. The molecule has 0 aliphatic carbocycles. The van der Waals surface area contributed by atoms with Crippen molar-refractivity contribution in [3.63, 3.8) is 0 Å². The molecule has 0 radical (unpaired) electrons. The molecule has 7 nitrogen and oxygen atoms in total. The summed E-state index contributed by atoms with van der Waals surface area (Å²) in [6.45, 7) is 2.64. The van der Waals surface area contributed by atoms with E-state index in [1.165, 1.54) is 19.4 Å². The van der Waals surface area contributed by atoms with Gasteiger partial charge in [-0.25, -0.2) is 0 Å². The minimum absolute atomic E-state index is 0.00725. The summed E-state index contributed by atoms with van der Waals surface area (Å²) in [5, 5.41) is 4.37. The highest BCUT2D eigenvalue weighted by molar-refractivity contribution is 5.97. The lowest BCUT2D eigenvalue weighted by Crippen LogP contribution is -2.31. The maximum absolute atomic E-state index is 12.9. The third kappa shape index (κ3) is 2.74. The fraction of sp³-hybridized carbons (Fsp3) is 0.438. The van der Waals surface area contributed by atoms with Crippen LogP contribution in [0.3, 0.4) is 0 Å². The number of methoxy groups -OCH3 is 1. The molecule has 1 amide bonds. The zero-order chi connectivity index (χ0) is 16.6. The van der Waals surface area contributed by atoms with Crippen LogP contribution in [0.25, 0.3) is 0 Å². The second-order valence-electron chi connectivity index (χ2n) is 5.78. The minimum atomic E-state index is -0.292. The van der Waals surface area contributed by atoms with Crippen molar-refractivity contribution in [1.82, 2.24) is 19.7 Å². The molecule has 1 aliphatic rings. The minimum Gasteiger partial charge on any atom is -0.496 e. The van der Waals surface area contributed by atoms with Gasteiger partial charge >= 0.3 is 0 Å². The van der Waals surface area contributed by atoms with Gasteiger partial charge in [-0.3, -0.25) is 14.3 Å². The Kier molecular flexibility index (Phi) is 3.94. The third-order valence-electron chi connectivity index (χ3n) is 4.26. The van der Waals surface area contributed by atoms with Gasteiger partial charge in [-0.05, 0) is 19.8 Å². The summed E-state index contributed by atoms with van der Waals surface area (Å²) in [5.41, 5.74) is 2.09. The van der Waals surface area contributed by atoms with Crippen LogP contribution in [-0.2, 0) is 7.05 Å². The zero-order valence-electron chi connectivity index (χ0n) is 13.5. The summed E-state index contributed by atoms with van der Waals surface area (Å²) in [7, 11) is 3.33. The smallest absolute Gasteiger partial charge is 0.259 e. The fourth-order valence-corrected chi connectivity index (χ4v) is 3.22. The number of nitrogens with one attached hydrogen (secondary N) is 1. The van der Waals surface area contributed by atoms with Gasteiger partial charge in [-0.2, -0.15) is 5.10 Å². The van der Waals surface area contributed by atoms with Crippen LogP contribution in [0.5, 0.6) is 5.75 Å². The van der Waals surface area contributed by atoms with Crippen LogP contribution in [0.4, 0.5) is 0 Å². The maximum atomic E-state index is 12.9. The van der Waals surface area contributed by atoms with Gasteiger partial charge in [0, 0.05) is 37.6 Å². The van der Waals surface area contributed by atoms with Crippen LogP contribution < -0.4 is 10.3 Å². The lowest BCUT2D eigenvalue weighted by Gasteiger charge is -2.25. The van der Waals surface area contributed by atoms with Crippen LogP contribution in [0, 0.1) is 6.92 Å². The predicted octanol–water partition coefficient (Wildman–Crippen LogP) is 1.40. The molecule has 1 saturated heterocycles. The normalized spacial score (nSPS) is 17.5. The fourth-order valence-electron chi connectivity index (χ4n) is 3.22. The molecule has 0 bridgehead atoms. The highest BCUT2D eigenvalue weighted by atomic mass is 16.5. The average Bonchev–Trinajstić information content (AvgIpc) is 3.12. The average molecular weight is 316 g/mol. The molecule has 0 aromatic carbocycles. The summed E-state index contributed by atoms with van der Waals surface area (Å²) in [5.74, 6) is 0.163. The van der Waals surface area contributed by atoms with E-state index in [1.807, 2.05) is 25.1 Å². The number of nitrogens with zero attached hydrogens (tertiary/aromatic N) is 3. The number of pyridine rings is 1. The summed E-state index contributed by atoms with van der Waals surface area (Å²) < 4.78 is 6.96. The number of aryl methyl sites for hydroxylation is 2. The van der Waals surface area contributed by atoms with E-state index in [0.29, 0.717) is 17.9 Å². The highest BCUT2D eigenvalue weighted by Crippen LogP contribution is 2.35. The molecule has 1 unspecified atom stereocenters. The van der Waals surface area contributed by atoms with E-state index in [9.17, 15) is 9.59 Å². The predicted molar refractivity (Wildman–Crippen MR) is 84.6 cm³/mol. The number of hydrogen-bond donors (Lipinski definition) is 1. The van der Waals surface area contributed by atoms with Crippen molar-refractivity contribution in [1.29, 1.82) is 0 Å². The van der Waals surface area contributed by atoms with E-state index in [4.69, 9.17) is 4.74 Å². The van der Waals surface area contributed by atoms with Crippen molar-refractivity contribution in [2.24, 2.45) is 7.05 Å². The van der Waals surface area contributed by atoms with Gasteiger partial charge in [0.25, 0.3) is 11.5 Å². The monoisotopic (exact) mass is 316 g/mol. The molecule has 1 fully saturated rings. The molecular formula is C16H20N4O3. The van der Waals surface area contributed by atoms with Crippen molar-refractivity contribution in [2.75, 3.05) is 13.7 Å². The number of H-pyrrole nitrogens is 1. The maximum Gasteiger partial charge on any atom is 0.259 e. The number of hydrogen-bond acceptors (Lipinski definition) is 4. The Morgan fingerprint density at radius 3 is 2.91 bits per heavy atom.